The summed E-state index contributed by atoms with van der Waals surface area (Å²) in [6.45, 7) is 3.28. The van der Waals surface area contributed by atoms with Crippen molar-refractivity contribution < 1.29 is 9.53 Å². The average molecular weight is 196 g/mol. The standard InChI is InChI=1S/C10H16N2O2/c1-2-3-4-5-12-10(13)8-6-14-7-9(8)11/h8-9H,4-7,11H2,1H3,(H,12,13). The van der Waals surface area contributed by atoms with E-state index in [4.69, 9.17) is 10.5 Å². The predicted molar refractivity (Wildman–Crippen MR) is 53.4 cm³/mol. The molecule has 4 heteroatoms. The van der Waals surface area contributed by atoms with E-state index in [2.05, 4.69) is 17.2 Å². The lowest BCUT2D eigenvalue weighted by Crippen LogP contribution is -2.41. The maximum Gasteiger partial charge on any atom is 0.227 e. The summed E-state index contributed by atoms with van der Waals surface area (Å²) in [5.74, 6) is 5.44. The zero-order chi connectivity index (χ0) is 10.4. The summed E-state index contributed by atoms with van der Waals surface area (Å²) in [6.07, 6.45) is 0.686. The molecule has 1 amide bonds. The van der Waals surface area contributed by atoms with Crippen molar-refractivity contribution in [3.05, 3.63) is 0 Å². The van der Waals surface area contributed by atoms with Crippen LogP contribution in [0.15, 0.2) is 0 Å². The van der Waals surface area contributed by atoms with Gasteiger partial charge in [0.1, 0.15) is 0 Å². The molecule has 1 aliphatic heterocycles. The first-order chi connectivity index (χ1) is 6.75. The van der Waals surface area contributed by atoms with Crippen LogP contribution in [0.25, 0.3) is 0 Å². The second-order valence-electron chi connectivity index (χ2n) is 3.28. The van der Waals surface area contributed by atoms with E-state index in [0.29, 0.717) is 26.2 Å². The lowest BCUT2D eigenvalue weighted by Gasteiger charge is -2.12. The SMILES string of the molecule is CC#CCCNC(=O)C1COCC1N. The van der Waals surface area contributed by atoms with E-state index in [1.807, 2.05) is 0 Å². The molecule has 0 radical (unpaired) electrons. The molecule has 0 aromatic heterocycles. The van der Waals surface area contributed by atoms with Crippen molar-refractivity contribution in [2.24, 2.45) is 11.7 Å². The number of hydrogen-bond donors (Lipinski definition) is 2. The van der Waals surface area contributed by atoms with Crippen LogP contribution in [0.2, 0.25) is 0 Å². The van der Waals surface area contributed by atoms with Gasteiger partial charge in [-0.3, -0.25) is 4.79 Å². The van der Waals surface area contributed by atoms with Crippen molar-refractivity contribution in [2.75, 3.05) is 19.8 Å². The zero-order valence-electron chi connectivity index (χ0n) is 8.38. The molecule has 3 N–H and O–H groups in total. The monoisotopic (exact) mass is 196 g/mol. The highest BCUT2D eigenvalue weighted by molar-refractivity contribution is 5.79. The Bertz CT molecular complexity index is 255. The Morgan fingerprint density at radius 3 is 3.00 bits per heavy atom. The maximum atomic E-state index is 11.5. The molecule has 1 aliphatic rings. The number of ether oxygens (including phenoxy) is 1. The third-order valence-electron chi connectivity index (χ3n) is 2.19. The second-order valence-corrected chi connectivity index (χ2v) is 3.28. The molecule has 0 spiro atoms. The smallest absolute Gasteiger partial charge is 0.227 e. The molecule has 2 unspecified atom stereocenters. The summed E-state index contributed by atoms with van der Waals surface area (Å²) < 4.78 is 5.10. The van der Waals surface area contributed by atoms with Crippen LogP contribution in [0.1, 0.15) is 13.3 Å². The van der Waals surface area contributed by atoms with Gasteiger partial charge in [0, 0.05) is 19.0 Å². The van der Waals surface area contributed by atoms with Crippen LogP contribution in [-0.2, 0) is 9.53 Å². The molecule has 78 valence electrons. The van der Waals surface area contributed by atoms with Gasteiger partial charge in [0.05, 0.1) is 19.1 Å². The summed E-state index contributed by atoms with van der Waals surface area (Å²) in [5, 5.41) is 2.79. The van der Waals surface area contributed by atoms with E-state index < -0.39 is 0 Å². The highest BCUT2D eigenvalue weighted by atomic mass is 16.5. The zero-order valence-corrected chi connectivity index (χ0v) is 8.38. The average Bonchev–Trinajstić information content (AvgIpc) is 2.59. The molecular formula is C10H16N2O2. The third-order valence-corrected chi connectivity index (χ3v) is 2.19. The largest absolute Gasteiger partial charge is 0.379 e. The summed E-state index contributed by atoms with van der Waals surface area (Å²) in [7, 11) is 0. The van der Waals surface area contributed by atoms with Crippen LogP contribution in [0.5, 0.6) is 0 Å². The summed E-state index contributed by atoms with van der Waals surface area (Å²) >= 11 is 0. The number of amides is 1. The summed E-state index contributed by atoms with van der Waals surface area (Å²) in [5.41, 5.74) is 5.70. The third kappa shape index (κ3) is 3.02. The van der Waals surface area contributed by atoms with Crippen LogP contribution < -0.4 is 11.1 Å². The van der Waals surface area contributed by atoms with Gasteiger partial charge < -0.3 is 15.8 Å². The van der Waals surface area contributed by atoms with Crippen molar-refractivity contribution in [3.63, 3.8) is 0 Å². The van der Waals surface area contributed by atoms with Crippen LogP contribution >= 0.6 is 0 Å². The topological polar surface area (TPSA) is 64.3 Å². The lowest BCUT2D eigenvalue weighted by molar-refractivity contribution is -0.125. The van der Waals surface area contributed by atoms with Gasteiger partial charge in [0.2, 0.25) is 5.91 Å². The van der Waals surface area contributed by atoms with Crippen LogP contribution in [0.3, 0.4) is 0 Å². The minimum absolute atomic E-state index is 0.0205. The molecule has 2 atom stereocenters. The van der Waals surface area contributed by atoms with Gasteiger partial charge in [-0.25, -0.2) is 0 Å². The quantitative estimate of drug-likeness (QED) is 0.472. The van der Waals surface area contributed by atoms with Crippen LogP contribution in [0, 0.1) is 17.8 Å². The maximum absolute atomic E-state index is 11.5. The van der Waals surface area contributed by atoms with E-state index in [9.17, 15) is 4.79 Å². The van der Waals surface area contributed by atoms with Crippen molar-refractivity contribution in [2.45, 2.75) is 19.4 Å². The Morgan fingerprint density at radius 2 is 2.43 bits per heavy atom. The Hall–Kier alpha value is -1.05. The van der Waals surface area contributed by atoms with Crippen LogP contribution in [-0.4, -0.2) is 31.7 Å². The minimum Gasteiger partial charge on any atom is -0.379 e. The Labute approximate surface area is 84.2 Å². The van der Waals surface area contributed by atoms with E-state index in [0.717, 1.165) is 0 Å². The Balaban J connectivity index is 2.23. The molecule has 0 aromatic carbocycles. The van der Waals surface area contributed by atoms with Gasteiger partial charge in [-0.2, -0.15) is 0 Å². The highest BCUT2D eigenvalue weighted by Gasteiger charge is 2.30. The van der Waals surface area contributed by atoms with E-state index in [1.165, 1.54) is 0 Å². The van der Waals surface area contributed by atoms with Gasteiger partial charge in [-0.1, -0.05) is 0 Å². The van der Waals surface area contributed by atoms with E-state index in [-0.39, 0.29) is 17.9 Å². The molecule has 14 heavy (non-hydrogen) atoms. The van der Waals surface area contributed by atoms with E-state index >= 15 is 0 Å². The van der Waals surface area contributed by atoms with Gasteiger partial charge in [-0.05, 0) is 6.92 Å². The molecule has 4 nitrogen and oxygen atoms in total. The number of nitrogens with one attached hydrogen (secondary N) is 1. The Kier molecular flexibility index (Phi) is 4.44. The number of rotatable bonds is 3. The van der Waals surface area contributed by atoms with Crippen molar-refractivity contribution in [1.29, 1.82) is 0 Å². The molecule has 1 fully saturated rings. The summed E-state index contributed by atoms with van der Waals surface area (Å²) in [4.78, 5) is 11.5. The highest BCUT2D eigenvalue weighted by Crippen LogP contribution is 2.11. The first-order valence-electron chi connectivity index (χ1n) is 4.76. The number of carbonyl (C=O) groups is 1. The lowest BCUT2D eigenvalue weighted by atomic mass is 10.0. The van der Waals surface area contributed by atoms with Gasteiger partial charge in [-0.15, -0.1) is 11.8 Å². The van der Waals surface area contributed by atoms with Crippen molar-refractivity contribution in [1.82, 2.24) is 5.32 Å². The molecular weight excluding hydrogens is 180 g/mol. The predicted octanol–water partition coefficient (Wildman–Crippen LogP) is -0.510. The first-order valence-corrected chi connectivity index (χ1v) is 4.76. The molecule has 1 rings (SSSR count). The molecule has 0 aliphatic carbocycles. The van der Waals surface area contributed by atoms with Crippen molar-refractivity contribution >= 4 is 5.91 Å². The minimum atomic E-state index is -0.190. The normalized spacial score (nSPS) is 25.3. The fourth-order valence-corrected chi connectivity index (χ4v) is 1.35. The molecule has 0 bridgehead atoms. The molecule has 1 heterocycles. The summed E-state index contributed by atoms with van der Waals surface area (Å²) in [6, 6.07) is -0.160. The molecule has 0 saturated carbocycles. The van der Waals surface area contributed by atoms with Gasteiger partial charge in [0.25, 0.3) is 0 Å². The number of nitrogens with two attached hydrogens (primary N) is 1. The fourth-order valence-electron chi connectivity index (χ4n) is 1.35. The Morgan fingerprint density at radius 1 is 1.64 bits per heavy atom. The molecule has 1 saturated heterocycles. The number of carbonyl (C=O) groups excluding carboxylic acids is 1. The van der Waals surface area contributed by atoms with Crippen molar-refractivity contribution in [3.8, 4) is 11.8 Å². The van der Waals surface area contributed by atoms with Gasteiger partial charge >= 0.3 is 0 Å². The van der Waals surface area contributed by atoms with E-state index in [1.54, 1.807) is 6.92 Å². The van der Waals surface area contributed by atoms with Gasteiger partial charge in [0.15, 0.2) is 0 Å². The second kappa shape index (κ2) is 5.63. The molecule has 0 aromatic rings. The number of hydrogen-bond acceptors (Lipinski definition) is 3. The van der Waals surface area contributed by atoms with Crippen LogP contribution in [0.4, 0.5) is 0 Å². The fraction of sp³-hybridized carbons (Fsp3) is 0.700. The first kappa shape index (κ1) is 11.0.